The SMILES string of the molecule is CC[C@H](NC(=O)CN1CCC[C@H]1c1ccc(OC)cc1)c1ccc(C)cc1. The van der Waals surface area contributed by atoms with Gasteiger partial charge in [-0.2, -0.15) is 0 Å². The van der Waals surface area contributed by atoms with Crippen LogP contribution in [0.1, 0.15) is 55.0 Å². The van der Waals surface area contributed by atoms with E-state index < -0.39 is 0 Å². The Hall–Kier alpha value is -2.33. The maximum absolute atomic E-state index is 12.7. The average Bonchev–Trinajstić information content (AvgIpc) is 3.15. The lowest BCUT2D eigenvalue weighted by Gasteiger charge is -2.26. The van der Waals surface area contributed by atoms with Gasteiger partial charge in [0.1, 0.15) is 5.75 Å². The Morgan fingerprint density at radius 2 is 1.89 bits per heavy atom. The van der Waals surface area contributed by atoms with Crippen LogP contribution in [-0.4, -0.2) is 31.0 Å². The molecule has 2 aromatic rings. The molecule has 0 aliphatic carbocycles. The second kappa shape index (κ2) is 9.05. The van der Waals surface area contributed by atoms with Gasteiger partial charge >= 0.3 is 0 Å². The van der Waals surface area contributed by atoms with Crippen molar-refractivity contribution in [3.8, 4) is 5.75 Å². The number of ether oxygens (including phenoxy) is 1. The first-order valence-electron chi connectivity index (χ1n) is 9.84. The van der Waals surface area contributed by atoms with E-state index in [9.17, 15) is 4.79 Å². The van der Waals surface area contributed by atoms with Gasteiger partial charge in [-0.1, -0.05) is 48.9 Å². The lowest BCUT2D eigenvalue weighted by Crippen LogP contribution is -2.38. The quantitative estimate of drug-likeness (QED) is 0.789. The molecule has 0 saturated carbocycles. The van der Waals surface area contributed by atoms with Crippen molar-refractivity contribution in [2.24, 2.45) is 0 Å². The summed E-state index contributed by atoms with van der Waals surface area (Å²) in [5.41, 5.74) is 3.66. The van der Waals surface area contributed by atoms with Crippen LogP contribution in [0.4, 0.5) is 0 Å². The van der Waals surface area contributed by atoms with E-state index in [2.05, 4.69) is 60.5 Å². The Labute approximate surface area is 162 Å². The third kappa shape index (κ3) is 4.89. The van der Waals surface area contributed by atoms with Gasteiger partial charge < -0.3 is 10.1 Å². The Morgan fingerprint density at radius 1 is 1.19 bits per heavy atom. The van der Waals surface area contributed by atoms with E-state index in [0.717, 1.165) is 31.6 Å². The first-order valence-corrected chi connectivity index (χ1v) is 9.84. The molecule has 1 aliphatic heterocycles. The number of hydrogen-bond donors (Lipinski definition) is 1. The zero-order chi connectivity index (χ0) is 19.2. The Bertz CT molecular complexity index is 740. The molecule has 4 heteroatoms. The second-order valence-electron chi connectivity index (χ2n) is 7.34. The molecule has 1 amide bonds. The first-order chi connectivity index (χ1) is 13.1. The third-order valence-corrected chi connectivity index (χ3v) is 5.43. The van der Waals surface area contributed by atoms with Gasteiger partial charge in [-0.15, -0.1) is 0 Å². The predicted octanol–water partition coefficient (Wildman–Crippen LogP) is 4.41. The topological polar surface area (TPSA) is 41.6 Å². The summed E-state index contributed by atoms with van der Waals surface area (Å²) in [5, 5.41) is 3.22. The zero-order valence-electron chi connectivity index (χ0n) is 16.6. The molecule has 27 heavy (non-hydrogen) atoms. The predicted molar refractivity (Wildman–Crippen MR) is 109 cm³/mol. The number of carbonyl (C=O) groups is 1. The number of nitrogens with zero attached hydrogens (tertiary/aromatic N) is 1. The van der Waals surface area contributed by atoms with Crippen LogP contribution in [0.5, 0.6) is 5.75 Å². The number of rotatable bonds is 7. The van der Waals surface area contributed by atoms with E-state index >= 15 is 0 Å². The molecule has 0 aromatic heterocycles. The van der Waals surface area contributed by atoms with Crippen molar-refractivity contribution in [3.05, 3.63) is 65.2 Å². The van der Waals surface area contributed by atoms with Crippen LogP contribution in [0.2, 0.25) is 0 Å². The van der Waals surface area contributed by atoms with Crippen molar-refractivity contribution in [1.82, 2.24) is 10.2 Å². The summed E-state index contributed by atoms with van der Waals surface area (Å²) in [6.45, 7) is 5.60. The average molecular weight is 367 g/mol. The largest absolute Gasteiger partial charge is 0.497 e. The minimum absolute atomic E-state index is 0.0696. The number of methoxy groups -OCH3 is 1. The summed E-state index contributed by atoms with van der Waals surface area (Å²) in [4.78, 5) is 15.0. The molecular formula is C23H30N2O2. The minimum Gasteiger partial charge on any atom is -0.497 e. The highest BCUT2D eigenvalue weighted by Crippen LogP contribution is 2.32. The van der Waals surface area contributed by atoms with Crippen LogP contribution >= 0.6 is 0 Å². The van der Waals surface area contributed by atoms with E-state index in [1.807, 2.05) is 12.1 Å². The van der Waals surface area contributed by atoms with Crippen molar-refractivity contribution in [3.63, 3.8) is 0 Å². The number of carbonyl (C=O) groups excluding carboxylic acids is 1. The van der Waals surface area contributed by atoms with Crippen LogP contribution in [-0.2, 0) is 4.79 Å². The lowest BCUT2D eigenvalue weighted by atomic mass is 10.0. The molecule has 144 valence electrons. The van der Waals surface area contributed by atoms with Gasteiger partial charge in [-0.05, 0) is 56.0 Å². The number of nitrogens with one attached hydrogen (secondary N) is 1. The summed E-state index contributed by atoms with van der Waals surface area (Å²) in [5.74, 6) is 0.966. The lowest BCUT2D eigenvalue weighted by molar-refractivity contribution is -0.123. The van der Waals surface area contributed by atoms with Crippen molar-refractivity contribution in [2.75, 3.05) is 20.2 Å². The van der Waals surface area contributed by atoms with Gasteiger partial charge in [0.25, 0.3) is 0 Å². The fourth-order valence-corrected chi connectivity index (χ4v) is 3.86. The van der Waals surface area contributed by atoms with E-state index in [-0.39, 0.29) is 11.9 Å². The Balaban J connectivity index is 1.62. The van der Waals surface area contributed by atoms with Crippen LogP contribution in [0, 0.1) is 6.92 Å². The first kappa shape index (κ1) is 19.4. The maximum atomic E-state index is 12.7. The maximum Gasteiger partial charge on any atom is 0.234 e. The summed E-state index contributed by atoms with van der Waals surface area (Å²) in [6.07, 6.45) is 3.10. The number of aryl methyl sites for hydroxylation is 1. The van der Waals surface area contributed by atoms with Gasteiger partial charge in [0.2, 0.25) is 5.91 Å². The fraction of sp³-hybridized carbons (Fsp3) is 0.435. The van der Waals surface area contributed by atoms with Crippen LogP contribution in [0.15, 0.2) is 48.5 Å². The van der Waals surface area contributed by atoms with Crippen LogP contribution in [0.3, 0.4) is 0 Å². The number of likely N-dealkylation sites (tertiary alicyclic amines) is 1. The second-order valence-corrected chi connectivity index (χ2v) is 7.34. The van der Waals surface area contributed by atoms with Gasteiger partial charge in [0.15, 0.2) is 0 Å². The van der Waals surface area contributed by atoms with Gasteiger partial charge in [-0.25, -0.2) is 0 Å². The third-order valence-electron chi connectivity index (χ3n) is 5.43. The molecule has 3 rings (SSSR count). The highest BCUT2D eigenvalue weighted by Gasteiger charge is 2.28. The van der Waals surface area contributed by atoms with Crippen LogP contribution in [0.25, 0.3) is 0 Å². The fourth-order valence-electron chi connectivity index (χ4n) is 3.86. The van der Waals surface area contributed by atoms with Crippen molar-refractivity contribution < 1.29 is 9.53 Å². The molecule has 1 aliphatic rings. The smallest absolute Gasteiger partial charge is 0.234 e. The molecule has 0 spiro atoms. The van der Waals surface area contributed by atoms with E-state index in [1.165, 1.54) is 16.7 Å². The number of amides is 1. The number of benzene rings is 2. The molecule has 1 saturated heterocycles. The molecule has 0 bridgehead atoms. The standard InChI is InChI=1S/C23H30N2O2/c1-4-21(18-9-7-17(2)8-10-18)24-23(26)16-25-15-5-6-22(25)19-11-13-20(27-3)14-12-19/h7-14,21-22H,4-6,15-16H2,1-3H3,(H,24,26)/t21-,22-/m0/s1. The summed E-state index contributed by atoms with van der Waals surface area (Å²) in [7, 11) is 1.68. The van der Waals surface area contributed by atoms with Gasteiger partial charge in [0.05, 0.1) is 19.7 Å². The normalized spacial score (nSPS) is 18.3. The molecule has 2 aromatic carbocycles. The highest BCUT2D eigenvalue weighted by atomic mass is 16.5. The van der Waals surface area contributed by atoms with Crippen LogP contribution < -0.4 is 10.1 Å². The molecule has 0 unspecified atom stereocenters. The Morgan fingerprint density at radius 3 is 2.52 bits per heavy atom. The molecular weight excluding hydrogens is 336 g/mol. The van der Waals surface area contributed by atoms with Crippen molar-refractivity contribution in [2.45, 2.75) is 45.2 Å². The number of hydrogen-bond acceptors (Lipinski definition) is 3. The van der Waals surface area contributed by atoms with E-state index in [4.69, 9.17) is 4.74 Å². The Kier molecular flexibility index (Phi) is 6.51. The monoisotopic (exact) mass is 366 g/mol. The summed E-state index contributed by atoms with van der Waals surface area (Å²) in [6, 6.07) is 17.0. The molecule has 1 heterocycles. The minimum atomic E-state index is 0.0696. The van der Waals surface area contributed by atoms with Gasteiger partial charge in [-0.3, -0.25) is 9.69 Å². The van der Waals surface area contributed by atoms with E-state index in [0.29, 0.717) is 12.6 Å². The highest BCUT2D eigenvalue weighted by molar-refractivity contribution is 5.78. The molecule has 1 N–H and O–H groups in total. The molecule has 4 nitrogen and oxygen atoms in total. The summed E-state index contributed by atoms with van der Waals surface area (Å²) >= 11 is 0. The molecule has 0 radical (unpaired) electrons. The van der Waals surface area contributed by atoms with Gasteiger partial charge in [0, 0.05) is 6.04 Å². The summed E-state index contributed by atoms with van der Waals surface area (Å²) < 4.78 is 5.25. The van der Waals surface area contributed by atoms with Crippen molar-refractivity contribution >= 4 is 5.91 Å². The molecule has 1 fully saturated rings. The van der Waals surface area contributed by atoms with Crippen molar-refractivity contribution in [1.29, 1.82) is 0 Å². The zero-order valence-corrected chi connectivity index (χ0v) is 16.6. The van der Waals surface area contributed by atoms with E-state index in [1.54, 1.807) is 7.11 Å². The molecule has 2 atom stereocenters.